The Balaban J connectivity index is 1.85. The smallest absolute Gasteiger partial charge is 0.275 e. The molecule has 1 aliphatic rings. The van der Waals surface area contributed by atoms with Crippen LogP contribution in [0.25, 0.3) is 10.8 Å². The van der Waals surface area contributed by atoms with Crippen LogP contribution in [-0.2, 0) is 6.67 Å². The summed E-state index contributed by atoms with van der Waals surface area (Å²) in [7, 11) is 0. The molecule has 3 rings (SSSR count). The van der Waals surface area contributed by atoms with Crippen molar-refractivity contribution in [2.24, 2.45) is 5.92 Å². The molecule has 4 heteroatoms. The molecule has 1 aromatic heterocycles. The predicted octanol–water partition coefficient (Wildman–Crippen LogP) is 2.09. The van der Waals surface area contributed by atoms with Crippen molar-refractivity contribution in [3.05, 3.63) is 40.8 Å². The fourth-order valence-electron chi connectivity index (χ4n) is 2.62. The summed E-state index contributed by atoms with van der Waals surface area (Å²) in [5, 5.41) is 5.95. The molecule has 1 aromatic carbocycles. The van der Waals surface area contributed by atoms with Crippen molar-refractivity contribution in [1.29, 1.82) is 0 Å². The maximum atomic E-state index is 12.3. The Morgan fingerprint density at radius 2 is 2.00 bits per heavy atom. The van der Waals surface area contributed by atoms with Crippen LogP contribution in [0, 0.1) is 5.92 Å². The molecule has 4 nitrogen and oxygen atoms in total. The number of nitrogens with zero attached hydrogens (tertiary/aromatic N) is 3. The SMILES string of the molecule is CC1CCN(Cn2ncc3ccccc3c2=O)CC1. The van der Waals surface area contributed by atoms with E-state index in [0.29, 0.717) is 6.67 Å². The molecule has 0 atom stereocenters. The van der Waals surface area contributed by atoms with Crippen molar-refractivity contribution in [1.82, 2.24) is 14.7 Å². The normalized spacial score (nSPS) is 17.9. The van der Waals surface area contributed by atoms with Crippen molar-refractivity contribution in [3.63, 3.8) is 0 Å². The number of hydrogen-bond acceptors (Lipinski definition) is 3. The number of fused-ring (bicyclic) bond motifs is 1. The van der Waals surface area contributed by atoms with Gasteiger partial charge in [0.05, 0.1) is 18.3 Å². The summed E-state index contributed by atoms with van der Waals surface area (Å²) < 4.78 is 1.58. The van der Waals surface area contributed by atoms with Crippen LogP contribution in [0.3, 0.4) is 0 Å². The van der Waals surface area contributed by atoms with E-state index in [1.807, 2.05) is 24.3 Å². The van der Waals surface area contributed by atoms with Crippen LogP contribution in [0.1, 0.15) is 19.8 Å². The van der Waals surface area contributed by atoms with Crippen LogP contribution >= 0.6 is 0 Å². The van der Waals surface area contributed by atoms with Crippen LogP contribution in [0.15, 0.2) is 35.3 Å². The van der Waals surface area contributed by atoms with Gasteiger partial charge >= 0.3 is 0 Å². The minimum absolute atomic E-state index is 0.0109. The predicted molar refractivity (Wildman–Crippen MR) is 76.0 cm³/mol. The van der Waals surface area contributed by atoms with Crippen LogP contribution in [0.2, 0.25) is 0 Å². The van der Waals surface area contributed by atoms with Gasteiger partial charge in [-0.2, -0.15) is 5.10 Å². The van der Waals surface area contributed by atoms with E-state index in [9.17, 15) is 4.79 Å². The highest BCUT2D eigenvalue weighted by Crippen LogP contribution is 2.16. The first kappa shape index (κ1) is 12.4. The van der Waals surface area contributed by atoms with Gasteiger partial charge in [0.15, 0.2) is 0 Å². The second kappa shape index (κ2) is 5.13. The van der Waals surface area contributed by atoms with Crippen LogP contribution in [0.4, 0.5) is 0 Å². The highest BCUT2D eigenvalue weighted by molar-refractivity contribution is 5.80. The van der Waals surface area contributed by atoms with E-state index >= 15 is 0 Å². The minimum Gasteiger partial charge on any atom is -0.284 e. The molecule has 1 saturated heterocycles. The molecular formula is C15H19N3O. The zero-order valence-corrected chi connectivity index (χ0v) is 11.2. The lowest BCUT2D eigenvalue weighted by atomic mass is 10.00. The first-order valence-electron chi connectivity index (χ1n) is 6.91. The summed E-state index contributed by atoms with van der Waals surface area (Å²) in [5.41, 5.74) is 0.0109. The van der Waals surface area contributed by atoms with Crippen molar-refractivity contribution in [2.75, 3.05) is 13.1 Å². The Bertz CT molecular complexity index is 627. The van der Waals surface area contributed by atoms with E-state index in [1.165, 1.54) is 12.8 Å². The summed E-state index contributed by atoms with van der Waals surface area (Å²) in [5.74, 6) is 0.803. The molecular weight excluding hydrogens is 238 g/mol. The van der Waals surface area contributed by atoms with E-state index in [1.54, 1.807) is 10.9 Å². The average molecular weight is 257 g/mol. The van der Waals surface area contributed by atoms with E-state index in [-0.39, 0.29) is 5.56 Å². The molecule has 0 spiro atoms. The Labute approximate surface area is 112 Å². The maximum Gasteiger partial charge on any atom is 0.275 e. The molecule has 100 valence electrons. The average Bonchev–Trinajstić information content (AvgIpc) is 2.45. The zero-order valence-electron chi connectivity index (χ0n) is 11.2. The second-order valence-corrected chi connectivity index (χ2v) is 5.48. The molecule has 2 aromatic rings. The Morgan fingerprint density at radius 3 is 2.79 bits per heavy atom. The fraction of sp³-hybridized carbons (Fsp3) is 0.467. The third-order valence-corrected chi connectivity index (χ3v) is 3.97. The molecule has 2 heterocycles. The first-order chi connectivity index (χ1) is 9.24. The summed E-state index contributed by atoms with van der Waals surface area (Å²) in [6, 6.07) is 7.63. The summed E-state index contributed by atoms with van der Waals surface area (Å²) in [6.07, 6.45) is 4.20. The Hall–Kier alpha value is -1.68. The molecule has 19 heavy (non-hydrogen) atoms. The highest BCUT2D eigenvalue weighted by Gasteiger charge is 2.16. The minimum atomic E-state index is 0.0109. The molecule has 0 saturated carbocycles. The number of likely N-dealkylation sites (tertiary alicyclic amines) is 1. The summed E-state index contributed by atoms with van der Waals surface area (Å²) >= 11 is 0. The maximum absolute atomic E-state index is 12.3. The summed E-state index contributed by atoms with van der Waals surface area (Å²) in [4.78, 5) is 14.6. The second-order valence-electron chi connectivity index (χ2n) is 5.48. The molecule has 0 unspecified atom stereocenters. The number of piperidine rings is 1. The van der Waals surface area contributed by atoms with Gasteiger partial charge in [-0.05, 0) is 24.8 Å². The molecule has 1 fully saturated rings. The van der Waals surface area contributed by atoms with Gasteiger partial charge in [-0.15, -0.1) is 0 Å². The van der Waals surface area contributed by atoms with Crippen molar-refractivity contribution in [3.8, 4) is 0 Å². The number of rotatable bonds is 2. The Kier molecular flexibility index (Phi) is 3.34. The zero-order chi connectivity index (χ0) is 13.2. The van der Waals surface area contributed by atoms with Gasteiger partial charge < -0.3 is 0 Å². The van der Waals surface area contributed by atoms with Gasteiger partial charge in [0.2, 0.25) is 0 Å². The Morgan fingerprint density at radius 1 is 1.26 bits per heavy atom. The van der Waals surface area contributed by atoms with Gasteiger partial charge in [0, 0.05) is 18.5 Å². The van der Waals surface area contributed by atoms with Gasteiger partial charge in [0.1, 0.15) is 0 Å². The van der Waals surface area contributed by atoms with Crippen molar-refractivity contribution < 1.29 is 0 Å². The molecule has 0 amide bonds. The van der Waals surface area contributed by atoms with E-state index in [0.717, 1.165) is 29.8 Å². The van der Waals surface area contributed by atoms with Crippen molar-refractivity contribution >= 4 is 10.8 Å². The van der Waals surface area contributed by atoms with Crippen LogP contribution in [0.5, 0.6) is 0 Å². The van der Waals surface area contributed by atoms with E-state index in [4.69, 9.17) is 0 Å². The lowest BCUT2D eigenvalue weighted by Crippen LogP contribution is -2.38. The lowest BCUT2D eigenvalue weighted by Gasteiger charge is -2.29. The topological polar surface area (TPSA) is 38.1 Å². The number of benzene rings is 1. The molecule has 1 aliphatic heterocycles. The van der Waals surface area contributed by atoms with Gasteiger partial charge in [0.25, 0.3) is 5.56 Å². The van der Waals surface area contributed by atoms with Gasteiger partial charge in [-0.1, -0.05) is 25.1 Å². The standard InChI is InChI=1S/C15H19N3O/c1-12-6-8-17(9-7-12)11-18-15(19)14-5-3-2-4-13(14)10-16-18/h2-5,10,12H,6-9,11H2,1H3. The van der Waals surface area contributed by atoms with Crippen LogP contribution in [-0.4, -0.2) is 27.8 Å². The fourth-order valence-corrected chi connectivity index (χ4v) is 2.62. The monoisotopic (exact) mass is 257 g/mol. The lowest BCUT2D eigenvalue weighted by molar-refractivity contribution is 0.144. The van der Waals surface area contributed by atoms with Gasteiger partial charge in [-0.25, -0.2) is 4.68 Å². The van der Waals surface area contributed by atoms with E-state index < -0.39 is 0 Å². The number of hydrogen-bond donors (Lipinski definition) is 0. The first-order valence-corrected chi connectivity index (χ1v) is 6.91. The largest absolute Gasteiger partial charge is 0.284 e. The highest BCUT2D eigenvalue weighted by atomic mass is 16.1. The van der Waals surface area contributed by atoms with Crippen LogP contribution < -0.4 is 5.56 Å². The quantitative estimate of drug-likeness (QED) is 0.826. The van der Waals surface area contributed by atoms with Crippen molar-refractivity contribution in [2.45, 2.75) is 26.4 Å². The third kappa shape index (κ3) is 2.54. The molecule has 0 aliphatic carbocycles. The molecule has 0 N–H and O–H groups in total. The molecule has 0 radical (unpaired) electrons. The molecule has 0 bridgehead atoms. The summed E-state index contributed by atoms with van der Waals surface area (Å²) in [6.45, 7) is 5.01. The van der Waals surface area contributed by atoms with Gasteiger partial charge in [-0.3, -0.25) is 9.69 Å². The van der Waals surface area contributed by atoms with E-state index in [2.05, 4.69) is 16.9 Å². The third-order valence-electron chi connectivity index (χ3n) is 3.97. The number of aromatic nitrogens is 2.